The van der Waals surface area contributed by atoms with Crippen molar-refractivity contribution in [1.29, 1.82) is 0 Å². The molecule has 1 N–H and O–H groups in total. The number of quaternary nitrogens is 1. The summed E-state index contributed by atoms with van der Waals surface area (Å²) >= 11 is 5.94. The minimum absolute atomic E-state index is 0.0145. The standard InChI is InChI=1S/C17H16ClFN2O/c18-14-3-1-2-13(12-14)17(22)21-10-8-20(9-11-21)16-6-4-15(19)5-7-16/h1-7,12H,8-11H2/p+1. The molecule has 1 amide bonds. The molecule has 2 aromatic carbocycles. The largest absolute Gasteiger partial charge is 0.327 e. The fourth-order valence-corrected chi connectivity index (χ4v) is 2.95. The maximum atomic E-state index is 13.0. The van der Waals surface area contributed by atoms with Gasteiger partial charge in [0.15, 0.2) is 0 Å². The number of nitrogens with zero attached hydrogens (tertiary/aromatic N) is 1. The van der Waals surface area contributed by atoms with Crippen molar-refractivity contribution in [1.82, 2.24) is 4.90 Å². The number of halogens is 2. The van der Waals surface area contributed by atoms with Gasteiger partial charge in [-0.05, 0) is 30.3 Å². The molecule has 1 heterocycles. The zero-order chi connectivity index (χ0) is 15.5. The minimum Gasteiger partial charge on any atom is -0.327 e. The van der Waals surface area contributed by atoms with Crippen molar-refractivity contribution in [2.45, 2.75) is 0 Å². The van der Waals surface area contributed by atoms with Crippen molar-refractivity contribution < 1.29 is 14.1 Å². The van der Waals surface area contributed by atoms with Crippen LogP contribution in [-0.4, -0.2) is 37.0 Å². The van der Waals surface area contributed by atoms with Gasteiger partial charge in [-0.1, -0.05) is 17.7 Å². The van der Waals surface area contributed by atoms with Gasteiger partial charge in [0, 0.05) is 22.7 Å². The first-order valence-electron chi connectivity index (χ1n) is 7.29. The number of hydrogen-bond donors (Lipinski definition) is 1. The highest BCUT2D eigenvalue weighted by molar-refractivity contribution is 6.30. The summed E-state index contributed by atoms with van der Waals surface area (Å²) in [5.74, 6) is -0.210. The van der Waals surface area contributed by atoms with E-state index in [-0.39, 0.29) is 11.7 Å². The van der Waals surface area contributed by atoms with Gasteiger partial charge in [-0.3, -0.25) is 9.69 Å². The Kier molecular flexibility index (Phi) is 4.41. The number of nitrogens with one attached hydrogen (secondary N) is 1. The molecule has 5 heteroatoms. The maximum Gasteiger partial charge on any atom is 0.254 e. The van der Waals surface area contributed by atoms with Crippen molar-refractivity contribution in [3.8, 4) is 0 Å². The first kappa shape index (κ1) is 15.0. The van der Waals surface area contributed by atoms with Gasteiger partial charge >= 0.3 is 0 Å². The summed E-state index contributed by atoms with van der Waals surface area (Å²) < 4.78 is 13.0. The second kappa shape index (κ2) is 6.46. The predicted octanol–water partition coefficient (Wildman–Crippen LogP) is 2.15. The molecule has 0 aliphatic carbocycles. The number of benzene rings is 2. The van der Waals surface area contributed by atoms with Crippen LogP contribution in [0.25, 0.3) is 0 Å². The van der Waals surface area contributed by atoms with E-state index in [4.69, 9.17) is 11.6 Å². The summed E-state index contributed by atoms with van der Waals surface area (Å²) in [6.45, 7) is 2.99. The summed E-state index contributed by atoms with van der Waals surface area (Å²) in [5, 5.41) is 0.571. The molecule has 0 spiro atoms. The smallest absolute Gasteiger partial charge is 0.254 e. The van der Waals surface area contributed by atoms with E-state index in [1.54, 1.807) is 36.4 Å². The lowest BCUT2D eigenvalue weighted by atomic mass is 10.1. The number of amides is 1. The van der Waals surface area contributed by atoms with Gasteiger partial charge in [0.25, 0.3) is 5.91 Å². The highest BCUT2D eigenvalue weighted by Gasteiger charge is 2.25. The van der Waals surface area contributed by atoms with Gasteiger partial charge in [0.05, 0.1) is 26.2 Å². The van der Waals surface area contributed by atoms with Gasteiger partial charge in [-0.15, -0.1) is 0 Å². The zero-order valence-electron chi connectivity index (χ0n) is 12.1. The molecule has 3 rings (SSSR count). The van der Waals surface area contributed by atoms with E-state index in [0.29, 0.717) is 23.7 Å². The van der Waals surface area contributed by atoms with Gasteiger partial charge in [0.1, 0.15) is 11.5 Å². The van der Waals surface area contributed by atoms with Gasteiger partial charge < -0.3 is 4.90 Å². The molecule has 0 bridgehead atoms. The molecule has 1 saturated heterocycles. The average Bonchev–Trinajstić information content (AvgIpc) is 2.55. The van der Waals surface area contributed by atoms with Crippen molar-refractivity contribution in [3.05, 3.63) is 64.9 Å². The van der Waals surface area contributed by atoms with E-state index >= 15 is 0 Å². The Hall–Kier alpha value is -1.91. The summed E-state index contributed by atoms with van der Waals surface area (Å²) in [6, 6.07) is 13.6. The summed E-state index contributed by atoms with van der Waals surface area (Å²) in [5.41, 5.74) is 1.69. The van der Waals surface area contributed by atoms with Gasteiger partial charge in [-0.2, -0.15) is 0 Å². The van der Waals surface area contributed by atoms with Crippen molar-refractivity contribution in [2.24, 2.45) is 0 Å². The minimum atomic E-state index is -0.224. The Labute approximate surface area is 133 Å². The maximum absolute atomic E-state index is 13.0. The van der Waals surface area contributed by atoms with Crippen LogP contribution in [-0.2, 0) is 0 Å². The molecule has 1 aliphatic heterocycles. The van der Waals surface area contributed by atoms with Crippen LogP contribution in [0.3, 0.4) is 0 Å². The third kappa shape index (κ3) is 3.29. The summed E-state index contributed by atoms with van der Waals surface area (Å²) in [4.78, 5) is 15.6. The average molecular weight is 320 g/mol. The Bertz CT molecular complexity index is 667. The number of hydrogen-bond acceptors (Lipinski definition) is 1. The fraction of sp³-hybridized carbons (Fsp3) is 0.235. The van der Waals surface area contributed by atoms with Crippen LogP contribution in [0.5, 0.6) is 0 Å². The van der Waals surface area contributed by atoms with Gasteiger partial charge in [0.2, 0.25) is 0 Å². The third-order valence-corrected chi connectivity index (χ3v) is 4.21. The van der Waals surface area contributed by atoms with Crippen molar-refractivity contribution in [2.75, 3.05) is 26.2 Å². The molecular formula is C17H17ClFN2O+. The molecule has 1 aliphatic rings. The molecule has 114 valence electrons. The topological polar surface area (TPSA) is 24.8 Å². The molecule has 1 fully saturated rings. The number of piperazine rings is 1. The highest BCUT2D eigenvalue weighted by Crippen LogP contribution is 2.13. The first-order chi connectivity index (χ1) is 10.6. The molecule has 0 unspecified atom stereocenters. The van der Waals surface area contributed by atoms with E-state index in [1.807, 2.05) is 4.90 Å². The lowest BCUT2D eigenvalue weighted by Gasteiger charge is -2.32. The Morgan fingerprint density at radius 2 is 1.77 bits per heavy atom. The van der Waals surface area contributed by atoms with Crippen LogP contribution in [0.2, 0.25) is 5.02 Å². The normalized spacial score (nSPS) is 15.8. The molecule has 0 radical (unpaired) electrons. The molecule has 2 aromatic rings. The quantitative estimate of drug-likeness (QED) is 0.901. The van der Waals surface area contributed by atoms with E-state index in [1.165, 1.54) is 17.0 Å². The Morgan fingerprint density at radius 3 is 2.41 bits per heavy atom. The van der Waals surface area contributed by atoms with Crippen LogP contribution in [0.4, 0.5) is 10.1 Å². The molecule has 3 nitrogen and oxygen atoms in total. The first-order valence-corrected chi connectivity index (χ1v) is 7.67. The third-order valence-electron chi connectivity index (χ3n) is 3.98. The van der Waals surface area contributed by atoms with Crippen LogP contribution >= 0.6 is 11.6 Å². The molecule has 0 saturated carbocycles. The molecule has 0 atom stereocenters. The highest BCUT2D eigenvalue weighted by atomic mass is 35.5. The Balaban J connectivity index is 1.64. The van der Waals surface area contributed by atoms with Crippen LogP contribution in [0.1, 0.15) is 10.4 Å². The SMILES string of the molecule is O=C(c1cccc(Cl)c1)N1CC[NH+](c2ccc(F)cc2)CC1. The van der Waals surface area contributed by atoms with Crippen molar-refractivity contribution in [3.63, 3.8) is 0 Å². The predicted molar refractivity (Wildman–Crippen MR) is 84.1 cm³/mol. The van der Waals surface area contributed by atoms with E-state index in [0.717, 1.165) is 18.8 Å². The van der Waals surface area contributed by atoms with E-state index < -0.39 is 0 Å². The molecular weight excluding hydrogens is 303 g/mol. The summed E-state index contributed by atoms with van der Waals surface area (Å²) in [6.07, 6.45) is 0. The van der Waals surface area contributed by atoms with Crippen molar-refractivity contribution >= 4 is 23.2 Å². The monoisotopic (exact) mass is 319 g/mol. The number of carbonyl (C=O) groups is 1. The number of rotatable bonds is 2. The van der Waals surface area contributed by atoms with Gasteiger partial charge in [-0.25, -0.2) is 4.39 Å². The van der Waals surface area contributed by atoms with Crippen LogP contribution < -0.4 is 4.90 Å². The van der Waals surface area contributed by atoms with E-state index in [9.17, 15) is 9.18 Å². The Morgan fingerprint density at radius 1 is 1.09 bits per heavy atom. The van der Waals surface area contributed by atoms with Crippen LogP contribution in [0.15, 0.2) is 48.5 Å². The second-order valence-electron chi connectivity index (χ2n) is 5.41. The zero-order valence-corrected chi connectivity index (χ0v) is 12.8. The lowest BCUT2D eigenvalue weighted by molar-refractivity contribution is -0.837. The lowest BCUT2D eigenvalue weighted by Crippen LogP contribution is -3.10. The summed E-state index contributed by atoms with van der Waals surface area (Å²) in [7, 11) is 0. The van der Waals surface area contributed by atoms with Crippen LogP contribution in [0, 0.1) is 5.82 Å². The number of carbonyl (C=O) groups excluding carboxylic acids is 1. The molecule has 22 heavy (non-hydrogen) atoms. The second-order valence-corrected chi connectivity index (χ2v) is 5.85. The molecule has 0 aromatic heterocycles. The fourth-order valence-electron chi connectivity index (χ4n) is 2.76. The van der Waals surface area contributed by atoms with E-state index in [2.05, 4.69) is 0 Å².